The molecule has 0 bridgehead atoms. The van der Waals surface area contributed by atoms with Gasteiger partial charge in [-0.1, -0.05) is 0 Å². The van der Waals surface area contributed by atoms with E-state index in [-0.39, 0.29) is 12.0 Å². The van der Waals surface area contributed by atoms with Gasteiger partial charge in [-0.25, -0.2) is 0 Å². The summed E-state index contributed by atoms with van der Waals surface area (Å²) in [5, 5.41) is 9.02. The molecule has 0 aromatic carbocycles. The fraction of sp³-hybridized carbons (Fsp3) is 0.889. The maximum absolute atomic E-state index is 11.5. The maximum Gasteiger partial charge on any atom is 0.222 e. The van der Waals surface area contributed by atoms with Gasteiger partial charge < -0.3 is 10.0 Å². The van der Waals surface area contributed by atoms with E-state index in [0.717, 1.165) is 24.6 Å². The van der Waals surface area contributed by atoms with E-state index < -0.39 is 0 Å². The Kier molecular flexibility index (Phi) is 4.59. The number of carbonyl (C=O) groups is 1. The summed E-state index contributed by atoms with van der Waals surface area (Å²) < 4.78 is 0. The summed E-state index contributed by atoms with van der Waals surface area (Å²) in [5.41, 5.74) is 0. The van der Waals surface area contributed by atoms with Gasteiger partial charge in [0.05, 0.1) is 6.10 Å². The summed E-state index contributed by atoms with van der Waals surface area (Å²) in [5.74, 6) is 2.31. The van der Waals surface area contributed by atoms with Crippen molar-refractivity contribution in [2.24, 2.45) is 0 Å². The highest BCUT2D eigenvalue weighted by molar-refractivity contribution is 7.99. The zero-order valence-corrected chi connectivity index (χ0v) is 8.85. The lowest BCUT2D eigenvalue weighted by atomic mass is 10.2. The van der Waals surface area contributed by atoms with Crippen LogP contribution in [0, 0.1) is 0 Å². The molecule has 1 atom stereocenters. The number of aliphatic hydroxyl groups is 1. The highest BCUT2D eigenvalue weighted by atomic mass is 32.2. The second-order valence-corrected chi connectivity index (χ2v) is 4.61. The van der Waals surface area contributed by atoms with Crippen LogP contribution in [0.2, 0.25) is 0 Å². The van der Waals surface area contributed by atoms with Crippen molar-refractivity contribution in [1.82, 2.24) is 4.90 Å². The SMILES string of the molecule is CC(O)CCC(=O)N1CCSCC1. The molecule has 0 spiro atoms. The average molecular weight is 203 g/mol. The van der Waals surface area contributed by atoms with Gasteiger partial charge in [0.15, 0.2) is 0 Å². The van der Waals surface area contributed by atoms with Crippen LogP contribution < -0.4 is 0 Å². The van der Waals surface area contributed by atoms with Crippen molar-refractivity contribution in [3.63, 3.8) is 0 Å². The molecule has 13 heavy (non-hydrogen) atoms. The number of hydrogen-bond acceptors (Lipinski definition) is 3. The van der Waals surface area contributed by atoms with Crippen LogP contribution in [0.25, 0.3) is 0 Å². The number of carbonyl (C=O) groups excluding carboxylic acids is 1. The van der Waals surface area contributed by atoms with Gasteiger partial charge in [-0.2, -0.15) is 11.8 Å². The molecule has 1 fully saturated rings. The Bertz CT molecular complexity index is 167. The number of aliphatic hydroxyl groups excluding tert-OH is 1. The molecule has 3 nitrogen and oxygen atoms in total. The summed E-state index contributed by atoms with van der Waals surface area (Å²) in [7, 11) is 0. The first kappa shape index (κ1) is 10.9. The third kappa shape index (κ3) is 4.00. The Morgan fingerprint density at radius 3 is 2.69 bits per heavy atom. The largest absolute Gasteiger partial charge is 0.393 e. The first-order valence-electron chi connectivity index (χ1n) is 4.73. The van der Waals surface area contributed by atoms with Crippen molar-refractivity contribution in [3.8, 4) is 0 Å². The number of nitrogens with zero attached hydrogens (tertiary/aromatic N) is 1. The van der Waals surface area contributed by atoms with Crippen molar-refractivity contribution in [1.29, 1.82) is 0 Å². The predicted molar refractivity (Wildman–Crippen MR) is 54.8 cm³/mol. The van der Waals surface area contributed by atoms with E-state index in [1.807, 2.05) is 16.7 Å². The van der Waals surface area contributed by atoms with E-state index in [2.05, 4.69) is 0 Å². The van der Waals surface area contributed by atoms with Crippen molar-refractivity contribution in [2.75, 3.05) is 24.6 Å². The Morgan fingerprint density at radius 1 is 1.54 bits per heavy atom. The first-order valence-corrected chi connectivity index (χ1v) is 5.89. The van der Waals surface area contributed by atoms with Crippen LogP contribution in [0.15, 0.2) is 0 Å². The van der Waals surface area contributed by atoms with Gasteiger partial charge in [-0.15, -0.1) is 0 Å². The summed E-state index contributed by atoms with van der Waals surface area (Å²) in [6, 6.07) is 0. The van der Waals surface area contributed by atoms with Crippen LogP contribution in [0.3, 0.4) is 0 Å². The predicted octanol–water partition coefficient (Wildman–Crippen LogP) is 0.723. The van der Waals surface area contributed by atoms with Gasteiger partial charge in [0.2, 0.25) is 5.91 Å². The smallest absolute Gasteiger partial charge is 0.222 e. The summed E-state index contributed by atoms with van der Waals surface area (Å²) >= 11 is 1.90. The van der Waals surface area contributed by atoms with Crippen molar-refractivity contribution >= 4 is 17.7 Å². The lowest BCUT2D eigenvalue weighted by Crippen LogP contribution is -2.38. The highest BCUT2D eigenvalue weighted by Crippen LogP contribution is 2.11. The highest BCUT2D eigenvalue weighted by Gasteiger charge is 2.16. The molecule has 0 aliphatic carbocycles. The summed E-state index contributed by atoms with van der Waals surface area (Å²) in [6.45, 7) is 3.48. The van der Waals surface area contributed by atoms with Gasteiger partial charge >= 0.3 is 0 Å². The van der Waals surface area contributed by atoms with Crippen LogP contribution in [0.1, 0.15) is 19.8 Å². The molecule has 0 saturated carbocycles. The van der Waals surface area contributed by atoms with Crippen LogP contribution in [0.4, 0.5) is 0 Å². The third-order valence-electron chi connectivity index (χ3n) is 2.14. The van der Waals surface area contributed by atoms with E-state index in [4.69, 9.17) is 5.11 Å². The van der Waals surface area contributed by atoms with Gasteiger partial charge in [0.25, 0.3) is 0 Å². The number of rotatable bonds is 3. The molecule has 1 amide bonds. The molecular weight excluding hydrogens is 186 g/mol. The van der Waals surface area contributed by atoms with E-state index in [1.54, 1.807) is 6.92 Å². The van der Waals surface area contributed by atoms with Gasteiger partial charge in [-0.3, -0.25) is 4.79 Å². The molecule has 1 rings (SSSR count). The quantitative estimate of drug-likeness (QED) is 0.735. The van der Waals surface area contributed by atoms with Gasteiger partial charge in [0.1, 0.15) is 0 Å². The molecule has 1 aliphatic heterocycles. The Hall–Kier alpha value is -0.220. The fourth-order valence-corrected chi connectivity index (χ4v) is 2.21. The van der Waals surface area contributed by atoms with Crippen molar-refractivity contribution in [3.05, 3.63) is 0 Å². The van der Waals surface area contributed by atoms with E-state index >= 15 is 0 Å². The van der Waals surface area contributed by atoms with Crippen LogP contribution in [-0.2, 0) is 4.79 Å². The minimum absolute atomic E-state index is 0.196. The van der Waals surface area contributed by atoms with Gasteiger partial charge in [0, 0.05) is 31.0 Å². The average Bonchev–Trinajstić information content (AvgIpc) is 2.15. The van der Waals surface area contributed by atoms with Crippen LogP contribution in [-0.4, -0.2) is 46.6 Å². The fourth-order valence-electron chi connectivity index (χ4n) is 1.30. The second kappa shape index (κ2) is 5.50. The second-order valence-electron chi connectivity index (χ2n) is 3.38. The number of hydrogen-bond donors (Lipinski definition) is 1. The van der Waals surface area contributed by atoms with E-state index in [1.165, 1.54) is 0 Å². The Balaban J connectivity index is 2.21. The molecule has 1 unspecified atom stereocenters. The zero-order chi connectivity index (χ0) is 9.68. The van der Waals surface area contributed by atoms with Crippen molar-refractivity contribution in [2.45, 2.75) is 25.9 Å². The van der Waals surface area contributed by atoms with Crippen LogP contribution in [0.5, 0.6) is 0 Å². The maximum atomic E-state index is 11.5. The lowest BCUT2D eigenvalue weighted by molar-refractivity contribution is -0.131. The summed E-state index contributed by atoms with van der Waals surface area (Å²) in [6.07, 6.45) is 0.716. The molecule has 76 valence electrons. The normalized spacial score (nSPS) is 20.0. The zero-order valence-electron chi connectivity index (χ0n) is 8.03. The molecule has 1 saturated heterocycles. The molecular formula is C9H17NO2S. The molecule has 0 radical (unpaired) electrons. The molecule has 1 aliphatic rings. The molecule has 4 heteroatoms. The van der Waals surface area contributed by atoms with Crippen LogP contribution >= 0.6 is 11.8 Å². The monoisotopic (exact) mass is 203 g/mol. The Morgan fingerprint density at radius 2 is 2.15 bits per heavy atom. The van der Waals surface area contributed by atoms with E-state index in [0.29, 0.717) is 12.8 Å². The molecule has 0 aromatic heterocycles. The number of amides is 1. The lowest BCUT2D eigenvalue weighted by Gasteiger charge is -2.26. The van der Waals surface area contributed by atoms with E-state index in [9.17, 15) is 4.79 Å². The topological polar surface area (TPSA) is 40.5 Å². The summed E-state index contributed by atoms with van der Waals surface area (Å²) in [4.78, 5) is 13.4. The van der Waals surface area contributed by atoms with Crippen molar-refractivity contribution < 1.29 is 9.90 Å². The number of thioether (sulfide) groups is 1. The molecule has 0 aromatic rings. The minimum atomic E-state index is -0.358. The first-order chi connectivity index (χ1) is 6.20. The standard InChI is InChI=1S/C9H17NO2S/c1-8(11)2-3-9(12)10-4-6-13-7-5-10/h8,11H,2-7H2,1H3. The molecule has 1 heterocycles. The van der Waals surface area contributed by atoms with Gasteiger partial charge in [-0.05, 0) is 13.3 Å². The minimum Gasteiger partial charge on any atom is -0.393 e. The molecule has 1 N–H and O–H groups in total. The third-order valence-corrected chi connectivity index (χ3v) is 3.08. The Labute approximate surface area is 83.5 Å².